The van der Waals surface area contributed by atoms with E-state index in [0.717, 1.165) is 32.8 Å². The van der Waals surface area contributed by atoms with Gasteiger partial charge in [-0.1, -0.05) is 0 Å². The van der Waals surface area contributed by atoms with E-state index in [1.165, 1.54) is 0 Å². The highest BCUT2D eigenvalue weighted by molar-refractivity contribution is 4.57. The van der Waals surface area contributed by atoms with Crippen molar-refractivity contribution in [1.82, 2.24) is 0 Å². The van der Waals surface area contributed by atoms with Crippen molar-refractivity contribution in [2.45, 2.75) is 33.3 Å². The maximum Gasteiger partial charge on any atom is 0.0520 e. The summed E-state index contributed by atoms with van der Waals surface area (Å²) in [6.45, 7) is 9.19. The quantitative estimate of drug-likeness (QED) is 0.575. The molecule has 14 heavy (non-hydrogen) atoms. The monoisotopic (exact) mass is 204 g/mol. The maximum atomic E-state index is 5.56. The minimum atomic E-state index is 0.293. The molecule has 3 nitrogen and oxygen atoms in total. The lowest BCUT2D eigenvalue weighted by Gasteiger charge is -2.18. The highest BCUT2D eigenvalue weighted by Crippen LogP contribution is 2.06. The highest BCUT2D eigenvalue weighted by Gasteiger charge is 2.09. The fraction of sp³-hybridized carbons (Fsp3) is 1.00. The molecule has 1 atom stereocenters. The summed E-state index contributed by atoms with van der Waals surface area (Å²) in [6, 6.07) is 0. The Morgan fingerprint density at radius 1 is 1.14 bits per heavy atom. The van der Waals surface area contributed by atoms with Gasteiger partial charge in [0, 0.05) is 26.2 Å². The summed E-state index contributed by atoms with van der Waals surface area (Å²) in [5, 5.41) is 0. The fourth-order valence-electron chi connectivity index (χ4n) is 1.11. The van der Waals surface area contributed by atoms with Crippen LogP contribution in [0.15, 0.2) is 0 Å². The van der Waals surface area contributed by atoms with Gasteiger partial charge in [-0.3, -0.25) is 0 Å². The average Bonchev–Trinajstić information content (AvgIpc) is 2.16. The van der Waals surface area contributed by atoms with Crippen molar-refractivity contribution >= 4 is 0 Å². The molecule has 3 heteroatoms. The van der Waals surface area contributed by atoms with Crippen LogP contribution >= 0.6 is 0 Å². The first-order valence-electron chi connectivity index (χ1n) is 5.39. The zero-order valence-electron chi connectivity index (χ0n) is 9.91. The van der Waals surface area contributed by atoms with E-state index in [0.29, 0.717) is 12.0 Å². The van der Waals surface area contributed by atoms with Crippen LogP contribution in [0.4, 0.5) is 0 Å². The first-order valence-corrected chi connectivity index (χ1v) is 5.39. The molecule has 0 saturated heterocycles. The van der Waals surface area contributed by atoms with Crippen LogP contribution in [0.3, 0.4) is 0 Å². The Morgan fingerprint density at radius 2 is 1.86 bits per heavy atom. The molecular formula is C11H24O3. The molecule has 0 radical (unpaired) electrons. The van der Waals surface area contributed by atoms with E-state index in [1.54, 1.807) is 7.11 Å². The smallest absolute Gasteiger partial charge is 0.0520 e. The Labute approximate surface area is 87.7 Å². The van der Waals surface area contributed by atoms with Crippen LogP contribution in [0.25, 0.3) is 0 Å². The maximum absolute atomic E-state index is 5.56. The Bertz CT molecular complexity index is 107. The van der Waals surface area contributed by atoms with Gasteiger partial charge in [-0.15, -0.1) is 0 Å². The molecule has 0 aliphatic rings. The summed E-state index contributed by atoms with van der Waals surface area (Å²) in [7, 11) is 1.72. The van der Waals surface area contributed by atoms with Crippen molar-refractivity contribution < 1.29 is 14.2 Å². The minimum absolute atomic E-state index is 0.293. The van der Waals surface area contributed by atoms with E-state index < -0.39 is 0 Å². The molecule has 0 aliphatic heterocycles. The van der Waals surface area contributed by atoms with Crippen molar-refractivity contribution in [3.05, 3.63) is 0 Å². The number of hydrogen-bond donors (Lipinski definition) is 0. The summed E-state index contributed by atoms with van der Waals surface area (Å²) < 4.78 is 16.0. The van der Waals surface area contributed by atoms with Gasteiger partial charge in [0.15, 0.2) is 0 Å². The fourth-order valence-corrected chi connectivity index (χ4v) is 1.11. The Morgan fingerprint density at radius 3 is 2.36 bits per heavy atom. The summed E-state index contributed by atoms with van der Waals surface area (Å²) in [6.07, 6.45) is 1.30. The summed E-state index contributed by atoms with van der Waals surface area (Å²) in [5.41, 5.74) is 0. The second kappa shape index (κ2) is 9.44. The van der Waals surface area contributed by atoms with Crippen molar-refractivity contribution in [2.75, 3.05) is 33.5 Å². The molecule has 86 valence electrons. The van der Waals surface area contributed by atoms with E-state index in [-0.39, 0.29) is 0 Å². The van der Waals surface area contributed by atoms with Crippen LogP contribution in [-0.4, -0.2) is 39.6 Å². The highest BCUT2D eigenvalue weighted by atomic mass is 16.5. The molecule has 0 heterocycles. The Balaban J connectivity index is 3.60. The molecule has 0 bridgehead atoms. The molecule has 0 aromatic heterocycles. The zero-order valence-corrected chi connectivity index (χ0v) is 9.91. The van der Waals surface area contributed by atoms with Crippen LogP contribution in [0.1, 0.15) is 27.2 Å². The van der Waals surface area contributed by atoms with Crippen LogP contribution in [0.2, 0.25) is 0 Å². The van der Waals surface area contributed by atoms with Crippen molar-refractivity contribution in [3.63, 3.8) is 0 Å². The second-order valence-electron chi connectivity index (χ2n) is 3.69. The molecule has 0 spiro atoms. The van der Waals surface area contributed by atoms with E-state index in [4.69, 9.17) is 14.2 Å². The van der Waals surface area contributed by atoms with E-state index >= 15 is 0 Å². The predicted molar refractivity (Wildman–Crippen MR) is 57.6 cm³/mol. The molecule has 0 N–H and O–H groups in total. The van der Waals surface area contributed by atoms with Gasteiger partial charge in [-0.05, 0) is 27.2 Å². The largest absolute Gasteiger partial charge is 0.385 e. The van der Waals surface area contributed by atoms with Gasteiger partial charge in [0.2, 0.25) is 0 Å². The number of ether oxygens (including phenoxy) is 3. The van der Waals surface area contributed by atoms with E-state index in [1.807, 2.05) is 20.8 Å². The van der Waals surface area contributed by atoms with Gasteiger partial charge in [-0.25, -0.2) is 0 Å². The second-order valence-corrected chi connectivity index (χ2v) is 3.69. The van der Waals surface area contributed by atoms with Gasteiger partial charge >= 0.3 is 0 Å². The number of hydrogen-bond acceptors (Lipinski definition) is 3. The molecule has 0 aromatic rings. The van der Waals surface area contributed by atoms with Crippen molar-refractivity contribution in [3.8, 4) is 0 Å². The van der Waals surface area contributed by atoms with Crippen LogP contribution in [-0.2, 0) is 14.2 Å². The lowest BCUT2D eigenvalue weighted by atomic mass is 10.1. The standard InChI is InChI=1S/C11H24O3/c1-5-13-8-11(6-7-12-4)9-14-10(2)3/h10-11H,5-9H2,1-4H3. The topological polar surface area (TPSA) is 27.7 Å². The first kappa shape index (κ1) is 13.9. The van der Waals surface area contributed by atoms with Crippen molar-refractivity contribution in [2.24, 2.45) is 5.92 Å². The third kappa shape index (κ3) is 8.48. The molecular weight excluding hydrogens is 180 g/mol. The number of methoxy groups -OCH3 is 1. The SMILES string of the molecule is CCOCC(CCOC)COC(C)C. The minimum Gasteiger partial charge on any atom is -0.385 e. The lowest BCUT2D eigenvalue weighted by molar-refractivity contribution is 0.00615. The molecule has 0 rings (SSSR count). The number of rotatable bonds is 9. The first-order chi connectivity index (χ1) is 6.70. The molecule has 0 amide bonds. The van der Waals surface area contributed by atoms with E-state index in [9.17, 15) is 0 Å². The van der Waals surface area contributed by atoms with Crippen LogP contribution in [0.5, 0.6) is 0 Å². The van der Waals surface area contributed by atoms with Gasteiger partial charge in [0.05, 0.1) is 19.3 Å². The Hall–Kier alpha value is -0.120. The average molecular weight is 204 g/mol. The van der Waals surface area contributed by atoms with Crippen molar-refractivity contribution in [1.29, 1.82) is 0 Å². The van der Waals surface area contributed by atoms with Gasteiger partial charge in [-0.2, -0.15) is 0 Å². The third-order valence-electron chi connectivity index (χ3n) is 1.95. The molecule has 0 aliphatic carbocycles. The predicted octanol–water partition coefficient (Wildman–Crippen LogP) is 2.10. The lowest BCUT2D eigenvalue weighted by Crippen LogP contribution is -2.20. The van der Waals surface area contributed by atoms with Gasteiger partial charge in [0.25, 0.3) is 0 Å². The molecule has 0 fully saturated rings. The third-order valence-corrected chi connectivity index (χ3v) is 1.95. The van der Waals surface area contributed by atoms with Crippen LogP contribution in [0, 0.1) is 5.92 Å². The van der Waals surface area contributed by atoms with Gasteiger partial charge in [0.1, 0.15) is 0 Å². The summed E-state index contributed by atoms with van der Waals surface area (Å²) in [4.78, 5) is 0. The normalized spacial score (nSPS) is 13.5. The molecule has 0 aromatic carbocycles. The molecule has 1 unspecified atom stereocenters. The summed E-state index contributed by atoms with van der Waals surface area (Å²) in [5.74, 6) is 0.456. The van der Waals surface area contributed by atoms with Crippen LogP contribution < -0.4 is 0 Å². The van der Waals surface area contributed by atoms with E-state index in [2.05, 4.69) is 0 Å². The zero-order chi connectivity index (χ0) is 10.8. The summed E-state index contributed by atoms with van der Waals surface area (Å²) >= 11 is 0. The van der Waals surface area contributed by atoms with Gasteiger partial charge < -0.3 is 14.2 Å². The Kier molecular flexibility index (Phi) is 9.35. The molecule has 0 saturated carbocycles.